The van der Waals surface area contributed by atoms with E-state index in [1.165, 1.54) is 7.11 Å². The van der Waals surface area contributed by atoms with Crippen molar-refractivity contribution in [3.8, 4) is 5.75 Å². The van der Waals surface area contributed by atoms with Gasteiger partial charge >= 0.3 is 6.09 Å². The second kappa shape index (κ2) is 9.49. The molecule has 0 spiro atoms. The van der Waals surface area contributed by atoms with E-state index in [-0.39, 0.29) is 24.3 Å². The van der Waals surface area contributed by atoms with Gasteiger partial charge in [0.1, 0.15) is 11.9 Å². The average molecular weight is 492 g/mol. The minimum atomic E-state index is -0.558. The molecule has 2 aromatic rings. The molecule has 0 aromatic heterocycles. The molecule has 2 aliphatic rings. The zero-order valence-corrected chi connectivity index (χ0v) is 19.6. The van der Waals surface area contributed by atoms with Crippen LogP contribution in [0.5, 0.6) is 5.75 Å². The first kappa shape index (κ1) is 23.2. The van der Waals surface area contributed by atoms with Gasteiger partial charge in [-0.05, 0) is 48.7 Å². The van der Waals surface area contributed by atoms with Crippen molar-refractivity contribution in [3.05, 3.63) is 51.5 Å². The number of hydrogen-bond acceptors (Lipinski definition) is 6. The summed E-state index contributed by atoms with van der Waals surface area (Å²) < 4.78 is 11.0. The normalized spacial score (nSPS) is 18.4. The number of imide groups is 1. The van der Waals surface area contributed by atoms with Crippen LogP contribution in [0.4, 0.5) is 16.2 Å². The Morgan fingerprint density at radius 2 is 1.91 bits per heavy atom. The van der Waals surface area contributed by atoms with Crippen LogP contribution in [0.25, 0.3) is 0 Å². The Balaban J connectivity index is 1.39. The molecule has 8 nitrogen and oxygen atoms in total. The molecule has 10 heteroatoms. The van der Waals surface area contributed by atoms with E-state index in [1.807, 2.05) is 17.9 Å². The minimum Gasteiger partial charge on any atom is -0.495 e. The molecule has 2 fully saturated rings. The summed E-state index contributed by atoms with van der Waals surface area (Å²) in [6.45, 7) is 2.81. The second-order valence-electron chi connectivity index (χ2n) is 8.07. The minimum absolute atomic E-state index is 0.263. The van der Waals surface area contributed by atoms with Crippen LogP contribution in [0.15, 0.2) is 30.3 Å². The molecular weight excluding hydrogens is 469 g/mol. The first-order chi connectivity index (χ1) is 15.7. The summed E-state index contributed by atoms with van der Waals surface area (Å²) in [4.78, 5) is 37.9. The number of nitrogens with zero attached hydrogens (tertiary/aromatic N) is 1. The van der Waals surface area contributed by atoms with Crippen LogP contribution in [-0.4, -0.2) is 44.2 Å². The largest absolute Gasteiger partial charge is 0.495 e. The number of methoxy groups -OCH3 is 1. The molecule has 0 bridgehead atoms. The van der Waals surface area contributed by atoms with Crippen LogP contribution in [0.2, 0.25) is 10.0 Å². The van der Waals surface area contributed by atoms with Crippen LogP contribution in [-0.2, 0) is 14.3 Å². The Bertz CT molecular complexity index is 1120. The maximum Gasteiger partial charge on any atom is 0.412 e. The highest BCUT2D eigenvalue weighted by molar-refractivity contribution is 6.32. The number of benzene rings is 2. The number of anilines is 2. The van der Waals surface area contributed by atoms with Crippen molar-refractivity contribution >= 4 is 52.5 Å². The Morgan fingerprint density at radius 3 is 2.58 bits per heavy atom. The summed E-state index contributed by atoms with van der Waals surface area (Å²) in [5.74, 6) is -0.598. The lowest BCUT2D eigenvalue weighted by Gasteiger charge is -2.40. The number of aryl methyl sites for hydroxylation is 1. The third kappa shape index (κ3) is 5.02. The Morgan fingerprint density at radius 1 is 1.15 bits per heavy atom. The Labute approximate surface area is 201 Å². The number of ether oxygens (including phenoxy) is 2. The number of rotatable bonds is 5. The quantitative estimate of drug-likeness (QED) is 0.606. The molecule has 1 unspecified atom stereocenters. The molecule has 0 radical (unpaired) electrons. The van der Waals surface area contributed by atoms with Crippen molar-refractivity contribution in [2.24, 2.45) is 0 Å². The van der Waals surface area contributed by atoms with Gasteiger partial charge in [-0.15, -0.1) is 0 Å². The monoisotopic (exact) mass is 491 g/mol. The molecule has 4 rings (SSSR count). The first-order valence-electron chi connectivity index (χ1n) is 10.4. The van der Waals surface area contributed by atoms with Gasteiger partial charge in [0.2, 0.25) is 11.8 Å². The van der Waals surface area contributed by atoms with Gasteiger partial charge in [0.05, 0.1) is 31.8 Å². The number of piperidine rings is 1. The fourth-order valence-corrected chi connectivity index (χ4v) is 4.38. The average Bonchev–Trinajstić information content (AvgIpc) is 2.73. The molecular formula is C23H23Cl2N3O5. The lowest BCUT2D eigenvalue weighted by atomic mass is 9.90. The molecule has 2 aromatic carbocycles. The van der Waals surface area contributed by atoms with Crippen molar-refractivity contribution < 1.29 is 23.9 Å². The predicted octanol–water partition coefficient (Wildman–Crippen LogP) is 4.27. The molecule has 3 amide bonds. The van der Waals surface area contributed by atoms with Crippen LogP contribution < -0.4 is 20.3 Å². The maximum absolute atomic E-state index is 12.3. The smallest absolute Gasteiger partial charge is 0.412 e. The fourth-order valence-electron chi connectivity index (χ4n) is 3.91. The fraction of sp³-hybridized carbons (Fsp3) is 0.348. The molecule has 174 valence electrons. The summed E-state index contributed by atoms with van der Waals surface area (Å²) in [6.07, 6.45) is -0.200. The van der Waals surface area contributed by atoms with Crippen LogP contribution >= 0.6 is 23.2 Å². The maximum atomic E-state index is 12.3. The Hall–Kier alpha value is -2.97. The van der Waals surface area contributed by atoms with Crippen molar-refractivity contribution in [2.45, 2.75) is 31.8 Å². The van der Waals surface area contributed by atoms with Gasteiger partial charge < -0.3 is 14.4 Å². The first-order valence-corrected chi connectivity index (χ1v) is 11.2. The van der Waals surface area contributed by atoms with Crippen molar-refractivity contribution in [1.29, 1.82) is 0 Å². The van der Waals surface area contributed by atoms with Gasteiger partial charge in [-0.25, -0.2) is 4.79 Å². The van der Waals surface area contributed by atoms with E-state index in [1.54, 1.807) is 24.3 Å². The summed E-state index contributed by atoms with van der Waals surface area (Å²) in [5.41, 5.74) is 2.83. The lowest BCUT2D eigenvalue weighted by molar-refractivity contribution is -0.134. The molecule has 0 aliphatic carbocycles. The standard InChI is InChI=1S/C23H23Cl2N3O5/c1-12-3-4-13(7-17(12)24)26-23(31)33-14-10-28(11-14)19-9-18(25)16(8-20(19)32-2)15-5-6-21(29)27-22(15)30/h3-4,7-9,14-15H,5-6,10-11H2,1-2H3,(H,26,31)(H,27,29,30). The van der Waals surface area contributed by atoms with Crippen LogP contribution in [0.3, 0.4) is 0 Å². The van der Waals surface area contributed by atoms with E-state index in [0.29, 0.717) is 46.6 Å². The van der Waals surface area contributed by atoms with E-state index >= 15 is 0 Å². The molecule has 33 heavy (non-hydrogen) atoms. The highest BCUT2D eigenvalue weighted by atomic mass is 35.5. The second-order valence-corrected chi connectivity index (χ2v) is 8.88. The number of hydrogen-bond donors (Lipinski definition) is 2. The van der Waals surface area contributed by atoms with Gasteiger partial charge in [0.25, 0.3) is 0 Å². The third-order valence-corrected chi connectivity index (χ3v) is 6.53. The zero-order chi connectivity index (χ0) is 23.7. The number of amides is 3. The zero-order valence-electron chi connectivity index (χ0n) is 18.1. The van der Waals surface area contributed by atoms with E-state index in [0.717, 1.165) is 11.3 Å². The highest BCUT2D eigenvalue weighted by Crippen LogP contribution is 2.41. The van der Waals surface area contributed by atoms with E-state index < -0.39 is 12.0 Å². The van der Waals surface area contributed by atoms with E-state index in [9.17, 15) is 14.4 Å². The van der Waals surface area contributed by atoms with Crippen molar-refractivity contribution in [2.75, 3.05) is 30.4 Å². The molecule has 0 saturated carbocycles. The van der Waals surface area contributed by atoms with Crippen LogP contribution in [0.1, 0.15) is 29.9 Å². The van der Waals surface area contributed by atoms with Gasteiger partial charge in [-0.3, -0.25) is 20.2 Å². The predicted molar refractivity (Wildman–Crippen MR) is 125 cm³/mol. The summed E-state index contributed by atoms with van der Waals surface area (Å²) in [7, 11) is 1.54. The number of halogens is 2. The van der Waals surface area contributed by atoms with Gasteiger partial charge in [-0.2, -0.15) is 0 Å². The lowest BCUT2D eigenvalue weighted by Crippen LogP contribution is -2.53. The third-order valence-electron chi connectivity index (χ3n) is 5.79. The summed E-state index contributed by atoms with van der Waals surface area (Å²) in [5, 5.41) is 6.00. The SMILES string of the molecule is COc1cc(C2CCC(=O)NC2=O)c(Cl)cc1N1CC(OC(=O)Nc2ccc(C)c(Cl)c2)C1. The van der Waals surface area contributed by atoms with E-state index in [4.69, 9.17) is 32.7 Å². The number of carbonyl (C=O) groups excluding carboxylic acids is 3. The molecule has 2 aliphatic heterocycles. The Kier molecular flexibility index (Phi) is 6.67. The summed E-state index contributed by atoms with van der Waals surface area (Å²) >= 11 is 12.6. The van der Waals surface area contributed by atoms with Crippen molar-refractivity contribution in [1.82, 2.24) is 5.32 Å². The van der Waals surface area contributed by atoms with Gasteiger partial charge in [0.15, 0.2) is 0 Å². The van der Waals surface area contributed by atoms with Gasteiger partial charge in [-0.1, -0.05) is 29.3 Å². The molecule has 2 N–H and O–H groups in total. The molecule has 2 heterocycles. The van der Waals surface area contributed by atoms with Crippen molar-refractivity contribution in [3.63, 3.8) is 0 Å². The highest BCUT2D eigenvalue weighted by Gasteiger charge is 2.34. The van der Waals surface area contributed by atoms with E-state index in [2.05, 4.69) is 10.6 Å². The molecule has 1 atom stereocenters. The summed E-state index contributed by atoms with van der Waals surface area (Å²) in [6, 6.07) is 8.72. The van der Waals surface area contributed by atoms with Gasteiger partial charge in [0, 0.05) is 22.2 Å². The molecule has 2 saturated heterocycles. The number of nitrogens with one attached hydrogen (secondary N) is 2. The van der Waals surface area contributed by atoms with Crippen LogP contribution in [0, 0.1) is 6.92 Å². The number of carbonyl (C=O) groups is 3. The topological polar surface area (TPSA) is 97.0 Å².